The molecule has 1 aliphatic heterocycles. The number of ether oxygens (including phenoxy) is 1. The molecule has 3 heterocycles. The lowest BCUT2D eigenvalue weighted by Crippen LogP contribution is -2.29. The van der Waals surface area contributed by atoms with E-state index in [-0.39, 0.29) is 52.6 Å². The van der Waals surface area contributed by atoms with Crippen LogP contribution in [-0.2, 0) is 14.3 Å². The van der Waals surface area contributed by atoms with Gasteiger partial charge in [0.1, 0.15) is 16.5 Å². The van der Waals surface area contributed by atoms with E-state index >= 15 is 0 Å². The molecule has 9 nitrogen and oxygen atoms in total. The predicted molar refractivity (Wildman–Crippen MR) is 141 cm³/mol. The highest BCUT2D eigenvalue weighted by molar-refractivity contribution is 7.16. The summed E-state index contributed by atoms with van der Waals surface area (Å²) in [6.45, 7) is 3.83. The standard InChI is InChI=1S/C27H23FN4O5S/c1-3-37-27(36)23-18-14-38-25(22(18)26(35)32(30-23)20-7-5-4-6-19(20)28)29-24(34)16-12-21(33)31(13-16)17-10-8-15(2)9-11-17/h4-11,14,16H,3,12-13H2,1-2H3,(H,29,34). The Morgan fingerprint density at radius 3 is 2.61 bits per heavy atom. The van der Waals surface area contributed by atoms with Crippen LogP contribution in [0.1, 0.15) is 29.4 Å². The number of amides is 2. The monoisotopic (exact) mass is 534 g/mol. The summed E-state index contributed by atoms with van der Waals surface area (Å²) in [6, 6.07) is 13.0. The first-order chi connectivity index (χ1) is 18.3. The van der Waals surface area contributed by atoms with Crippen molar-refractivity contribution >= 4 is 50.6 Å². The third-order valence-corrected chi connectivity index (χ3v) is 7.18. The number of carbonyl (C=O) groups excluding carboxylic acids is 3. The van der Waals surface area contributed by atoms with Gasteiger partial charge in [-0.25, -0.2) is 9.18 Å². The highest BCUT2D eigenvalue weighted by Crippen LogP contribution is 2.33. The van der Waals surface area contributed by atoms with Crippen LogP contribution < -0.4 is 15.8 Å². The number of thiophene rings is 1. The second kappa shape index (κ2) is 10.2. The first-order valence-electron chi connectivity index (χ1n) is 11.9. The number of hydrogen-bond acceptors (Lipinski definition) is 7. The van der Waals surface area contributed by atoms with Crippen molar-refractivity contribution < 1.29 is 23.5 Å². The lowest BCUT2D eigenvalue weighted by Gasteiger charge is -2.17. The fraction of sp³-hybridized carbons (Fsp3) is 0.222. The van der Waals surface area contributed by atoms with Gasteiger partial charge >= 0.3 is 5.97 Å². The molecule has 1 fully saturated rings. The van der Waals surface area contributed by atoms with Crippen LogP contribution in [0.5, 0.6) is 0 Å². The topological polar surface area (TPSA) is 111 Å². The van der Waals surface area contributed by atoms with Crippen LogP contribution >= 0.6 is 11.3 Å². The molecule has 0 bridgehead atoms. The molecule has 2 amide bonds. The number of rotatable bonds is 6. The number of nitrogens with one attached hydrogen (secondary N) is 1. The number of para-hydroxylation sites is 1. The largest absolute Gasteiger partial charge is 0.461 e. The maximum Gasteiger partial charge on any atom is 0.359 e. The number of carbonyl (C=O) groups is 3. The molecule has 1 N–H and O–H groups in total. The molecular formula is C27H23FN4O5S. The smallest absolute Gasteiger partial charge is 0.359 e. The maximum atomic E-state index is 14.6. The van der Waals surface area contributed by atoms with Crippen LogP contribution in [-0.4, -0.2) is 40.7 Å². The molecule has 0 aliphatic carbocycles. The predicted octanol–water partition coefficient (Wildman–Crippen LogP) is 4.06. The number of nitrogens with zero attached hydrogens (tertiary/aromatic N) is 3. The Morgan fingerprint density at radius 2 is 1.89 bits per heavy atom. The van der Waals surface area contributed by atoms with Crippen LogP contribution in [0, 0.1) is 18.7 Å². The van der Waals surface area contributed by atoms with Gasteiger partial charge in [0.15, 0.2) is 5.69 Å². The summed E-state index contributed by atoms with van der Waals surface area (Å²) >= 11 is 1.04. The number of aromatic nitrogens is 2. The van der Waals surface area contributed by atoms with E-state index in [1.807, 2.05) is 31.2 Å². The molecule has 2 aromatic carbocycles. The van der Waals surface area contributed by atoms with E-state index in [2.05, 4.69) is 10.4 Å². The summed E-state index contributed by atoms with van der Waals surface area (Å²) in [5.41, 5.74) is 0.720. The minimum atomic E-state index is -0.784. The Bertz CT molecular complexity index is 1630. The van der Waals surface area contributed by atoms with Gasteiger partial charge in [0.2, 0.25) is 11.8 Å². The van der Waals surface area contributed by atoms with E-state index in [0.29, 0.717) is 5.69 Å². The Morgan fingerprint density at radius 1 is 1.16 bits per heavy atom. The van der Waals surface area contributed by atoms with Gasteiger partial charge in [-0.15, -0.1) is 11.3 Å². The third kappa shape index (κ3) is 4.56. The van der Waals surface area contributed by atoms with Crippen molar-refractivity contribution in [3.05, 3.63) is 81.3 Å². The second-order valence-electron chi connectivity index (χ2n) is 8.82. The fourth-order valence-electron chi connectivity index (χ4n) is 4.35. The summed E-state index contributed by atoms with van der Waals surface area (Å²) in [5, 5.41) is 8.75. The number of aryl methyl sites for hydroxylation is 1. The van der Waals surface area contributed by atoms with Crippen LogP contribution in [0.15, 0.2) is 58.7 Å². The molecule has 0 spiro atoms. The van der Waals surface area contributed by atoms with Crippen LogP contribution in [0.3, 0.4) is 0 Å². The number of halogens is 1. The minimum Gasteiger partial charge on any atom is -0.461 e. The van der Waals surface area contributed by atoms with Gasteiger partial charge in [-0.05, 0) is 38.1 Å². The van der Waals surface area contributed by atoms with E-state index in [1.165, 1.54) is 29.6 Å². The lowest BCUT2D eigenvalue weighted by atomic mass is 10.1. The number of hydrogen-bond donors (Lipinski definition) is 1. The summed E-state index contributed by atoms with van der Waals surface area (Å²) in [6.07, 6.45) is 0.0120. The van der Waals surface area contributed by atoms with Crippen LogP contribution in [0.25, 0.3) is 16.5 Å². The van der Waals surface area contributed by atoms with Crippen LogP contribution in [0.4, 0.5) is 15.1 Å². The average molecular weight is 535 g/mol. The van der Waals surface area contributed by atoms with Crippen molar-refractivity contribution in [1.29, 1.82) is 0 Å². The molecule has 2 aromatic heterocycles. The van der Waals surface area contributed by atoms with E-state index < -0.39 is 29.2 Å². The Labute approximate surface area is 220 Å². The van der Waals surface area contributed by atoms with Crippen molar-refractivity contribution in [2.45, 2.75) is 20.3 Å². The van der Waals surface area contributed by atoms with Crippen molar-refractivity contribution in [3.8, 4) is 5.69 Å². The molecule has 1 atom stereocenters. The normalized spacial score (nSPS) is 15.2. The molecule has 1 aliphatic rings. The van der Waals surface area contributed by atoms with Gasteiger partial charge in [0.05, 0.1) is 17.9 Å². The quantitative estimate of drug-likeness (QED) is 0.374. The van der Waals surface area contributed by atoms with E-state index in [4.69, 9.17) is 4.74 Å². The molecule has 194 valence electrons. The molecule has 0 saturated carbocycles. The van der Waals surface area contributed by atoms with Gasteiger partial charge in [-0.2, -0.15) is 9.78 Å². The zero-order valence-corrected chi connectivity index (χ0v) is 21.4. The van der Waals surface area contributed by atoms with Gasteiger partial charge in [-0.1, -0.05) is 29.8 Å². The lowest BCUT2D eigenvalue weighted by molar-refractivity contribution is -0.122. The maximum absolute atomic E-state index is 14.6. The van der Waals surface area contributed by atoms with Gasteiger partial charge in [0, 0.05) is 29.4 Å². The highest BCUT2D eigenvalue weighted by atomic mass is 32.1. The SMILES string of the molecule is CCOC(=O)c1nn(-c2ccccc2F)c(=O)c2c(NC(=O)C3CC(=O)N(c4ccc(C)cc4)C3)scc12. The van der Waals surface area contributed by atoms with E-state index in [9.17, 15) is 23.6 Å². The Hall–Kier alpha value is -4.38. The minimum absolute atomic E-state index is 0.00405. The number of esters is 1. The van der Waals surface area contributed by atoms with Crippen molar-refractivity contribution in [2.24, 2.45) is 5.92 Å². The zero-order valence-electron chi connectivity index (χ0n) is 20.6. The molecule has 1 saturated heterocycles. The second-order valence-corrected chi connectivity index (χ2v) is 9.70. The summed E-state index contributed by atoms with van der Waals surface area (Å²) < 4.78 is 20.5. The molecule has 11 heteroatoms. The Kier molecular flexibility index (Phi) is 6.77. The number of fused-ring (bicyclic) bond motifs is 1. The summed E-state index contributed by atoms with van der Waals surface area (Å²) in [4.78, 5) is 53.6. The summed E-state index contributed by atoms with van der Waals surface area (Å²) in [7, 11) is 0. The zero-order chi connectivity index (χ0) is 27.0. The molecule has 0 radical (unpaired) electrons. The van der Waals surface area contributed by atoms with Gasteiger partial charge < -0.3 is 15.0 Å². The highest BCUT2D eigenvalue weighted by Gasteiger charge is 2.36. The van der Waals surface area contributed by atoms with Crippen molar-refractivity contribution in [3.63, 3.8) is 0 Å². The number of benzene rings is 2. The molecule has 5 rings (SSSR count). The molecular weight excluding hydrogens is 511 g/mol. The van der Waals surface area contributed by atoms with E-state index in [0.717, 1.165) is 21.6 Å². The summed E-state index contributed by atoms with van der Waals surface area (Å²) in [5.74, 6) is -2.77. The van der Waals surface area contributed by atoms with Crippen LogP contribution in [0.2, 0.25) is 0 Å². The fourth-order valence-corrected chi connectivity index (χ4v) is 5.29. The van der Waals surface area contributed by atoms with E-state index in [1.54, 1.807) is 11.8 Å². The van der Waals surface area contributed by atoms with Crippen molar-refractivity contribution in [1.82, 2.24) is 9.78 Å². The molecule has 38 heavy (non-hydrogen) atoms. The third-order valence-electron chi connectivity index (χ3n) is 6.28. The average Bonchev–Trinajstić information content (AvgIpc) is 3.50. The van der Waals surface area contributed by atoms with Gasteiger partial charge in [0.25, 0.3) is 5.56 Å². The van der Waals surface area contributed by atoms with Gasteiger partial charge in [-0.3, -0.25) is 14.4 Å². The molecule has 4 aromatic rings. The molecule has 1 unspecified atom stereocenters. The first-order valence-corrected chi connectivity index (χ1v) is 12.8. The number of anilines is 2. The van der Waals surface area contributed by atoms with Crippen molar-refractivity contribution in [2.75, 3.05) is 23.4 Å². The first kappa shape index (κ1) is 25.3. The Balaban J connectivity index is 1.51.